The van der Waals surface area contributed by atoms with Gasteiger partial charge in [0.15, 0.2) is 0 Å². The third kappa shape index (κ3) is 3.24. The second-order valence-electron chi connectivity index (χ2n) is 6.26. The zero-order chi connectivity index (χ0) is 17.4. The Bertz CT molecular complexity index is 942. The van der Waals surface area contributed by atoms with E-state index < -0.39 is 0 Å². The van der Waals surface area contributed by atoms with Gasteiger partial charge in [0.25, 0.3) is 5.56 Å². The molecule has 3 aromatic heterocycles. The molecule has 6 nitrogen and oxygen atoms in total. The number of aliphatic hydroxyl groups excluding tert-OH is 1. The van der Waals surface area contributed by atoms with E-state index in [9.17, 15) is 14.7 Å². The molecule has 3 aromatic rings. The maximum atomic E-state index is 12.5. The molecule has 1 amide bonds. The van der Waals surface area contributed by atoms with Crippen LogP contribution in [-0.2, 0) is 11.3 Å². The van der Waals surface area contributed by atoms with Crippen molar-refractivity contribution >= 4 is 38.8 Å². The number of fused-ring (bicyclic) bond motifs is 1. The van der Waals surface area contributed by atoms with Gasteiger partial charge in [-0.1, -0.05) is 6.07 Å². The molecule has 1 atom stereocenters. The van der Waals surface area contributed by atoms with Gasteiger partial charge in [-0.2, -0.15) is 0 Å². The first kappa shape index (κ1) is 16.4. The lowest BCUT2D eigenvalue weighted by Crippen LogP contribution is -2.42. The van der Waals surface area contributed by atoms with Crippen LogP contribution in [-0.4, -0.2) is 26.7 Å². The van der Waals surface area contributed by atoms with Gasteiger partial charge < -0.3 is 10.4 Å². The van der Waals surface area contributed by atoms with E-state index >= 15 is 0 Å². The zero-order valence-electron chi connectivity index (χ0n) is 13.3. The molecule has 1 fully saturated rings. The summed E-state index contributed by atoms with van der Waals surface area (Å²) in [5.74, 6) is 0.00631. The van der Waals surface area contributed by atoms with Crippen LogP contribution in [0.5, 0.6) is 0 Å². The van der Waals surface area contributed by atoms with Crippen LogP contribution in [0.1, 0.15) is 23.8 Å². The molecule has 0 spiro atoms. The molecular formula is C17H17N3O3S2. The summed E-state index contributed by atoms with van der Waals surface area (Å²) in [4.78, 5) is 30.2. The summed E-state index contributed by atoms with van der Waals surface area (Å²) in [5.41, 5.74) is 0.466. The van der Waals surface area contributed by atoms with Gasteiger partial charge in [0.1, 0.15) is 11.2 Å². The molecule has 0 bridgehead atoms. The lowest BCUT2D eigenvalue weighted by Gasteiger charge is -2.37. The van der Waals surface area contributed by atoms with Gasteiger partial charge in [0.2, 0.25) is 5.91 Å². The molecule has 3 heterocycles. The quantitative estimate of drug-likeness (QED) is 0.716. The fraction of sp³-hybridized carbons (Fsp3) is 0.353. The first-order chi connectivity index (χ1) is 12.1. The van der Waals surface area contributed by atoms with E-state index in [1.165, 1.54) is 22.2 Å². The molecule has 2 N–H and O–H groups in total. The number of amides is 1. The van der Waals surface area contributed by atoms with Crippen LogP contribution in [0.3, 0.4) is 0 Å². The van der Waals surface area contributed by atoms with Crippen LogP contribution in [0.25, 0.3) is 10.2 Å². The highest BCUT2D eigenvalue weighted by Gasteiger charge is 2.36. The lowest BCUT2D eigenvalue weighted by molar-refractivity contribution is -0.123. The first-order valence-electron chi connectivity index (χ1n) is 8.05. The Kier molecular flexibility index (Phi) is 4.41. The van der Waals surface area contributed by atoms with Gasteiger partial charge in [-0.25, -0.2) is 4.98 Å². The van der Waals surface area contributed by atoms with Crippen molar-refractivity contribution in [1.29, 1.82) is 0 Å². The van der Waals surface area contributed by atoms with Crippen LogP contribution in [0, 0.1) is 5.92 Å². The average molecular weight is 375 g/mol. The number of rotatable bonds is 5. The molecule has 0 aliphatic heterocycles. The Morgan fingerprint density at radius 3 is 2.92 bits per heavy atom. The summed E-state index contributed by atoms with van der Waals surface area (Å²) < 4.78 is 1.90. The standard InChI is InChI=1S/C17H17N3O3S2/c21-11-6-10(7-11)15(13-2-1-4-24-13)19-14(22)8-20-9-18-12-3-5-25-16(12)17(20)23/h1-5,9-11,15,21H,6-8H2,(H,19,22)/t10?,11?,15-/m0/s1. The molecule has 4 rings (SSSR count). The highest BCUT2D eigenvalue weighted by molar-refractivity contribution is 7.17. The minimum Gasteiger partial charge on any atom is -0.393 e. The molecule has 0 aromatic carbocycles. The third-order valence-corrected chi connectivity index (χ3v) is 6.38. The molecule has 0 radical (unpaired) electrons. The lowest BCUT2D eigenvalue weighted by atomic mass is 9.77. The maximum absolute atomic E-state index is 12.5. The number of nitrogens with one attached hydrogen (secondary N) is 1. The number of carbonyl (C=O) groups excluding carboxylic acids is 1. The Labute approximate surface area is 151 Å². The Morgan fingerprint density at radius 2 is 2.20 bits per heavy atom. The minimum absolute atomic E-state index is 0.0587. The summed E-state index contributed by atoms with van der Waals surface area (Å²) in [6.45, 7) is -0.0587. The number of thiophene rings is 2. The second-order valence-corrected chi connectivity index (χ2v) is 8.15. The second kappa shape index (κ2) is 6.70. The van der Waals surface area contributed by atoms with Crippen molar-refractivity contribution in [2.24, 2.45) is 5.92 Å². The van der Waals surface area contributed by atoms with Crippen LogP contribution < -0.4 is 10.9 Å². The van der Waals surface area contributed by atoms with Crippen molar-refractivity contribution < 1.29 is 9.90 Å². The van der Waals surface area contributed by atoms with Gasteiger partial charge in [-0.05, 0) is 41.7 Å². The van der Waals surface area contributed by atoms with E-state index in [1.807, 2.05) is 22.9 Å². The van der Waals surface area contributed by atoms with E-state index in [4.69, 9.17) is 0 Å². The summed E-state index contributed by atoms with van der Waals surface area (Å²) in [7, 11) is 0. The third-order valence-electron chi connectivity index (χ3n) is 4.54. The van der Waals surface area contributed by atoms with Crippen molar-refractivity contribution in [3.05, 3.63) is 50.5 Å². The van der Waals surface area contributed by atoms with Crippen LogP contribution in [0.2, 0.25) is 0 Å². The number of carbonyl (C=O) groups is 1. The number of hydrogen-bond donors (Lipinski definition) is 2. The Hall–Kier alpha value is -2.03. The molecule has 8 heteroatoms. The molecule has 1 aliphatic rings. The van der Waals surface area contributed by atoms with Gasteiger partial charge in [0.05, 0.1) is 24.0 Å². The largest absolute Gasteiger partial charge is 0.393 e. The van der Waals surface area contributed by atoms with Crippen molar-refractivity contribution in [3.63, 3.8) is 0 Å². The fourth-order valence-corrected chi connectivity index (χ4v) is 4.82. The smallest absolute Gasteiger partial charge is 0.271 e. The van der Waals surface area contributed by atoms with Crippen molar-refractivity contribution in [3.8, 4) is 0 Å². The summed E-state index contributed by atoms with van der Waals surface area (Å²) >= 11 is 2.92. The van der Waals surface area contributed by atoms with Crippen LogP contribution >= 0.6 is 22.7 Å². The number of aromatic nitrogens is 2. The molecular weight excluding hydrogens is 358 g/mol. The molecule has 0 unspecified atom stereocenters. The van der Waals surface area contributed by atoms with Crippen molar-refractivity contribution in [1.82, 2.24) is 14.9 Å². The maximum Gasteiger partial charge on any atom is 0.271 e. The Morgan fingerprint density at radius 1 is 1.36 bits per heavy atom. The monoisotopic (exact) mass is 375 g/mol. The van der Waals surface area contributed by atoms with Gasteiger partial charge in [-0.3, -0.25) is 14.2 Å². The molecule has 130 valence electrons. The highest BCUT2D eigenvalue weighted by atomic mass is 32.1. The predicted molar refractivity (Wildman–Crippen MR) is 97.8 cm³/mol. The molecule has 25 heavy (non-hydrogen) atoms. The van der Waals surface area contributed by atoms with Gasteiger partial charge in [0, 0.05) is 4.88 Å². The molecule has 1 saturated carbocycles. The topological polar surface area (TPSA) is 84.2 Å². The summed E-state index contributed by atoms with van der Waals surface area (Å²) in [5, 5.41) is 16.4. The summed E-state index contributed by atoms with van der Waals surface area (Å²) in [6, 6.07) is 5.62. The normalized spacial score (nSPS) is 21.0. The van der Waals surface area contributed by atoms with E-state index in [0.717, 1.165) is 4.88 Å². The fourth-order valence-electron chi connectivity index (χ4n) is 3.16. The molecule has 1 aliphatic carbocycles. The van der Waals surface area contributed by atoms with E-state index in [-0.39, 0.29) is 36.1 Å². The van der Waals surface area contributed by atoms with Crippen LogP contribution in [0.4, 0.5) is 0 Å². The Balaban J connectivity index is 1.51. The number of hydrogen-bond acceptors (Lipinski definition) is 6. The highest BCUT2D eigenvalue weighted by Crippen LogP contribution is 2.39. The minimum atomic E-state index is -0.280. The van der Waals surface area contributed by atoms with Gasteiger partial charge >= 0.3 is 0 Å². The van der Waals surface area contributed by atoms with Crippen molar-refractivity contribution in [2.75, 3.05) is 0 Å². The van der Waals surface area contributed by atoms with E-state index in [2.05, 4.69) is 10.3 Å². The van der Waals surface area contributed by atoms with E-state index in [0.29, 0.717) is 23.1 Å². The van der Waals surface area contributed by atoms with Crippen LogP contribution in [0.15, 0.2) is 40.1 Å². The first-order valence-corrected chi connectivity index (χ1v) is 9.81. The molecule has 0 saturated heterocycles. The number of aliphatic hydroxyl groups is 1. The number of nitrogens with zero attached hydrogens (tertiary/aromatic N) is 2. The zero-order valence-corrected chi connectivity index (χ0v) is 14.9. The van der Waals surface area contributed by atoms with Gasteiger partial charge in [-0.15, -0.1) is 22.7 Å². The van der Waals surface area contributed by atoms with Crippen molar-refractivity contribution in [2.45, 2.75) is 31.5 Å². The van der Waals surface area contributed by atoms with E-state index in [1.54, 1.807) is 17.4 Å². The predicted octanol–water partition coefficient (Wildman–Crippen LogP) is 2.15. The summed E-state index contributed by atoms with van der Waals surface area (Å²) in [6.07, 6.45) is 2.51. The SMILES string of the molecule is O=C(Cn1cnc2ccsc2c1=O)N[C@H](c1cccs1)C1CC(O)C1. The average Bonchev–Trinajstić information content (AvgIpc) is 3.24.